The van der Waals surface area contributed by atoms with Gasteiger partial charge in [-0.15, -0.1) is 0 Å². The number of benzene rings is 2. The summed E-state index contributed by atoms with van der Waals surface area (Å²) in [5.74, 6) is -0.579. The molecule has 0 unspecified atom stereocenters. The highest BCUT2D eigenvalue weighted by molar-refractivity contribution is 5.95. The van der Waals surface area contributed by atoms with Crippen LogP contribution in [-0.4, -0.2) is 27.6 Å². The van der Waals surface area contributed by atoms with Crippen molar-refractivity contribution >= 4 is 11.8 Å². The number of carbonyl (C=O) groups excluding carboxylic acids is 2. The minimum atomic E-state index is -0.302. The van der Waals surface area contributed by atoms with E-state index in [1.54, 1.807) is 28.9 Å². The topological polar surface area (TPSA) is 76.0 Å². The lowest BCUT2D eigenvalue weighted by Crippen LogP contribution is -2.26. The monoisotopic (exact) mass is 432 g/mol. The van der Waals surface area contributed by atoms with Crippen LogP contribution in [0.25, 0.3) is 5.69 Å². The number of hydrogen-bond acceptors (Lipinski definition) is 3. The van der Waals surface area contributed by atoms with Crippen molar-refractivity contribution in [3.8, 4) is 5.69 Å². The van der Waals surface area contributed by atoms with Crippen molar-refractivity contribution < 1.29 is 14.0 Å². The molecule has 5 rings (SSSR count). The minimum absolute atomic E-state index is 0.0546. The maximum atomic E-state index is 13.3. The number of carbonyl (C=O) groups is 2. The summed E-state index contributed by atoms with van der Waals surface area (Å²) < 4.78 is 15.1. The molecule has 32 heavy (non-hydrogen) atoms. The molecule has 1 saturated carbocycles. The van der Waals surface area contributed by atoms with Crippen LogP contribution >= 0.6 is 0 Å². The number of amides is 2. The zero-order valence-electron chi connectivity index (χ0n) is 17.7. The summed E-state index contributed by atoms with van der Waals surface area (Å²) in [7, 11) is 0. The molecule has 0 bridgehead atoms. The molecule has 0 radical (unpaired) electrons. The third kappa shape index (κ3) is 4.28. The largest absolute Gasteiger partial charge is 0.349 e. The molecule has 6 nitrogen and oxygen atoms in total. The highest BCUT2D eigenvalue weighted by atomic mass is 19.1. The van der Waals surface area contributed by atoms with Gasteiger partial charge in [-0.25, -0.2) is 9.07 Å². The molecule has 2 amide bonds. The van der Waals surface area contributed by atoms with Gasteiger partial charge in [0.1, 0.15) is 5.82 Å². The van der Waals surface area contributed by atoms with Crippen molar-refractivity contribution in [2.45, 2.75) is 51.1 Å². The van der Waals surface area contributed by atoms with E-state index in [0.29, 0.717) is 23.8 Å². The second-order valence-corrected chi connectivity index (χ2v) is 8.50. The van der Waals surface area contributed by atoms with Gasteiger partial charge in [-0.1, -0.05) is 12.1 Å². The Hall–Kier alpha value is -3.48. The number of nitrogens with one attached hydrogen (secondary N) is 2. The first kappa shape index (κ1) is 20.4. The van der Waals surface area contributed by atoms with Gasteiger partial charge in [0.05, 0.1) is 5.69 Å². The van der Waals surface area contributed by atoms with Gasteiger partial charge in [0.25, 0.3) is 11.8 Å². The second-order valence-electron chi connectivity index (χ2n) is 8.50. The van der Waals surface area contributed by atoms with E-state index < -0.39 is 0 Å². The van der Waals surface area contributed by atoms with Gasteiger partial charge in [0, 0.05) is 29.4 Å². The molecule has 1 fully saturated rings. The van der Waals surface area contributed by atoms with Crippen LogP contribution in [0.1, 0.15) is 63.4 Å². The summed E-state index contributed by atoms with van der Waals surface area (Å²) in [4.78, 5) is 25.1. The van der Waals surface area contributed by atoms with Crippen LogP contribution in [0.15, 0.2) is 48.5 Å². The van der Waals surface area contributed by atoms with Crippen LogP contribution in [0.4, 0.5) is 4.39 Å². The van der Waals surface area contributed by atoms with Crippen molar-refractivity contribution in [1.82, 2.24) is 20.4 Å². The lowest BCUT2D eigenvalue weighted by Gasteiger charge is -2.14. The number of fused-ring (bicyclic) bond motifs is 1. The Kier molecular flexibility index (Phi) is 5.47. The van der Waals surface area contributed by atoms with Gasteiger partial charge in [-0.3, -0.25) is 9.59 Å². The Morgan fingerprint density at radius 2 is 1.69 bits per heavy atom. The smallest absolute Gasteiger partial charge is 0.272 e. The van der Waals surface area contributed by atoms with Crippen molar-refractivity contribution in [1.29, 1.82) is 0 Å². The molecule has 1 aromatic heterocycles. The molecule has 0 aliphatic heterocycles. The molecule has 2 aliphatic rings. The third-order valence-corrected chi connectivity index (χ3v) is 6.05. The average molecular weight is 432 g/mol. The van der Waals surface area contributed by atoms with E-state index in [-0.39, 0.29) is 17.6 Å². The molecule has 2 aliphatic carbocycles. The molecular formula is C25H25FN4O2. The van der Waals surface area contributed by atoms with E-state index in [1.807, 2.05) is 12.1 Å². The predicted molar refractivity (Wildman–Crippen MR) is 118 cm³/mol. The maximum Gasteiger partial charge on any atom is 0.272 e. The number of rotatable bonds is 6. The molecule has 0 atom stereocenters. The van der Waals surface area contributed by atoms with Gasteiger partial charge in [-0.2, -0.15) is 5.10 Å². The molecular weight excluding hydrogens is 407 g/mol. The predicted octanol–water partition coefficient (Wildman–Crippen LogP) is 3.71. The lowest BCUT2D eigenvalue weighted by molar-refractivity contribution is 0.0938. The van der Waals surface area contributed by atoms with Gasteiger partial charge in [-0.05, 0) is 80.5 Å². The molecule has 2 N–H and O–H groups in total. The number of halogens is 1. The Morgan fingerprint density at radius 3 is 2.41 bits per heavy atom. The fourth-order valence-electron chi connectivity index (χ4n) is 4.11. The first-order valence-electron chi connectivity index (χ1n) is 11.1. The molecule has 7 heteroatoms. The van der Waals surface area contributed by atoms with Crippen LogP contribution in [0.3, 0.4) is 0 Å². The minimum Gasteiger partial charge on any atom is -0.349 e. The highest BCUT2D eigenvalue weighted by Gasteiger charge is 2.26. The van der Waals surface area contributed by atoms with E-state index in [2.05, 4.69) is 15.7 Å². The number of nitrogens with zero attached hydrogens (tertiary/aromatic N) is 2. The Morgan fingerprint density at radius 1 is 0.969 bits per heavy atom. The standard InChI is InChI=1S/C25H25FN4O2/c26-18-9-13-20(14-10-18)30-22-4-2-1-3-21(22)23(29-30)25(32)27-15-16-5-7-17(8-6-16)24(31)28-19-11-12-19/h5-10,13-14,19H,1-4,11-12,15H2,(H,27,32)(H,28,31). The van der Waals surface area contributed by atoms with Gasteiger partial charge >= 0.3 is 0 Å². The zero-order chi connectivity index (χ0) is 22.1. The van der Waals surface area contributed by atoms with Crippen molar-refractivity contribution in [3.05, 3.63) is 82.4 Å². The summed E-state index contributed by atoms with van der Waals surface area (Å²) in [5.41, 5.74) is 4.73. The second kappa shape index (κ2) is 8.57. The SMILES string of the molecule is O=C(NC1CC1)c1ccc(CNC(=O)c2nn(-c3ccc(F)cc3)c3c2CCCC3)cc1. The average Bonchev–Trinajstić information content (AvgIpc) is 3.55. The van der Waals surface area contributed by atoms with Crippen LogP contribution in [0, 0.1) is 5.82 Å². The highest BCUT2D eigenvalue weighted by Crippen LogP contribution is 2.27. The van der Waals surface area contributed by atoms with E-state index in [0.717, 1.165) is 61.0 Å². The zero-order valence-corrected chi connectivity index (χ0v) is 17.7. The van der Waals surface area contributed by atoms with E-state index in [4.69, 9.17) is 0 Å². The molecule has 3 aromatic rings. The first-order valence-corrected chi connectivity index (χ1v) is 11.1. The summed E-state index contributed by atoms with van der Waals surface area (Å²) in [6, 6.07) is 13.8. The van der Waals surface area contributed by atoms with Crippen LogP contribution in [-0.2, 0) is 19.4 Å². The van der Waals surface area contributed by atoms with Gasteiger partial charge in [0.2, 0.25) is 0 Å². The molecule has 2 aromatic carbocycles. The summed E-state index contributed by atoms with van der Waals surface area (Å²) in [6.07, 6.45) is 5.82. The quantitative estimate of drug-likeness (QED) is 0.624. The van der Waals surface area contributed by atoms with Gasteiger partial charge < -0.3 is 10.6 Å². The molecule has 0 saturated heterocycles. The molecule has 1 heterocycles. The first-order chi connectivity index (χ1) is 15.6. The fraction of sp³-hybridized carbons (Fsp3) is 0.320. The third-order valence-electron chi connectivity index (χ3n) is 6.05. The Balaban J connectivity index is 1.30. The van der Waals surface area contributed by atoms with Crippen molar-refractivity contribution in [3.63, 3.8) is 0 Å². The maximum absolute atomic E-state index is 13.3. The lowest BCUT2D eigenvalue weighted by atomic mass is 9.95. The Labute approximate surface area is 185 Å². The van der Waals surface area contributed by atoms with E-state index in [9.17, 15) is 14.0 Å². The summed E-state index contributed by atoms with van der Waals surface area (Å²) in [5, 5.41) is 10.5. The van der Waals surface area contributed by atoms with E-state index >= 15 is 0 Å². The van der Waals surface area contributed by atoms with Crippen LogP contribution in [0.5, 0.6) is 0 Å². The molecule has 0 spiro atoms. The Bertz CT molecular complexity index is 1150. The van der Waals surface area contributed by atoms with E-state index in [1.165, 1.54) is 12.1 Å². The molecule has 164 valence electrons. The normalized spacial score (nSPS) is 15.2. The summed E-state index contributed by atoms with van der Waals surface area (Å²) >= 11 is 0. The van der Waals surface area contributed by atoms with Crippen molar-refractivity contribution in [2.24, 2.45) is 0 Å². The van der Waals surface area contributed by atoms with Crippen LogP contribution in [0.2, 0.25) is 0 Å². The number of hydrogen-bond donors (Lipinski definition) is 2. The summed E-state index contributed by atoms with van der Waals surface area (Å²) in [6.45, 7) is 0.349. The van der Waals surface area contributed by atoms with Gasteiger partial charge in [0.15, 0.2) is 5.69 Å². The number of aromatic nitrogens is 2. The van der Waals surface area contributed by atoms with Crippen molar-refractivity contribution in [2.75, 3.05) is 0 Å². The fourth-order valence-corrected chi connectivity index (χ4v) is 4.11. The van der Waals surface area contributed by atoms with Crippen LogP contribution < -0.4 is 10.6 Å².